The molecule has 0 spiro atoms. The zero-order chi connectivity index (χ0) is 20.5. The van der Waals surface area contributed by atoms with Crippen LogP contribution in [0.25, 0.3) is 0 Å². The van der Waals surface area contributed by atoms with Gasteiger partial charge in [0, 0.05) is 18.1 Å². The third kappa shape index (κ3) is 3.61. The smallest absolute Gasteiger partial charge is 0.308 e. The van der Waals surface area contributed by atoms with E-state index in [-0.39, 0.29) is 21.5 Å². The number of Topliss-reactive ketones (excluding diaryl/α,β-unsaturated/α-hetero) is 1. The molecule has 1 amide bonds. The van der Waals surface area contributed by atoms with Gasteiger partial charge >= 0.3 is 5.97 Å². The highest BCUT2D eigenvalue weighted by molar-refractivity contribution is 6.42. The van der Waals surface area contributed by atoms with Crippen LogP contribution in [0.3, 0.4) is 0 Å². The Balaban J connectivity index is 2.00. The third-order valence-corrected chi connectivity index (χ3v) is 4.95. The van der Waals surface area contributed by atoms with Gasteiger partial charge in [-0.05, 0) is 25.1 Å². The van der Waals surface area contributed by atoms with E-state index in [0.717, 1.165) is 6.92 Å². The molecule has 28 heavy (non-hydrogen) atoms. The lowest BCUT2D eigenvalue weighted by molar-refractivity contribution is -0.142. The van der Waals surface area contributed by atoms with Crippen LogP contribution in [0.15, 0.2) is 60.2 Å². The zero-order valence-corrected chi connectivity index (χ0v) is 16.4. The monoisotopic (exact) mass is 419 g/mol. The maximum Gasteiger partial charge on any atom is 0.308 e. The van der Waals surface area contributed by atoms with Gasteiger partial charge < -0.3 is 9.47 Å². The molecule has 1 unspecified atom stereocenters. The summed E-state index contributed by atoms with van der Waals surface area (Å²) in [4.78, 5) is 37.0. The van der Waals surface area contributed by atoms with Crippen molar-refractivity contribution in [2.45, 2.75) is 19.4 Å². The highest BCUT2D eigenvalue weighted by Crippen LogP contribution is 2.43. The Labute approximate surface area is 171 Å². The van der Waals surface area contributed by atoms with E-state index in [1.165, 1.54) is 6.92 Å². The van der Waals surface area contributed by atoms with Gasteiger partial charge in [-0.1, -0.05) is 53.5 Å². The fourth-order valence-corrected chi connectivity index (χ4v) is 3.23. The number of ether oxygens (including phenoxy) is 2. The van der Waals surface area contributed by atoms with Crippen molar-refractivity contribution >= 4 is 40.9 Å². The van der Waals surface area contributed by atoms with Crippen LogP contribution in [0, 0.1) is 0 Å². The number of rotatable bonds is 4. The van der Waals surface area contributed by atoms with E-state index in [9.17, 15) is 14.4 Å². The molecule has 144 valence electrons. The largest absolute Gasteiger partial charge is 0.456 e. The molecule has 1 aliphatic rings. The Hall–Kier alpha value is -2.83. The molecule has 3 rings (SSSR count). The summed E-state index contributed by atoms with van der Waals surface area (Å²) in [6.45, 7) is 2.59. The van der Waals surface area contributed by atoms with Crippen LogP contribution in [0.1, 0.15) is 29.8 Å². The average molecular weight is 420 g/mol. The van der Waals surface area contributed by atoms with Crippen molar-refractivity contribution in [2.24, 2.45) is 0 Å². The Morgan fingerprint density at radius 2 is 1.75 bits per heavy atom. The number of hydrogen-bond acceptors (Lipinski definition) is 5. The molecule has 0 saturated heterocycles. The minimum Gasteiger partial charge on any atom is -0.456 e. The lowest BCUT2D eigenvalue weighted by atomic mass is 9.91. The summed E-state index contributed by atoms with van der Waals surface area (Å²) in [6, 6.07) is 13.1. The van der Waals surface area contributed by atoms with Crippen LogP contribution >= 0.6 is 23.2 Å². The number of carbonyl (C=O) groups excluding carboxylic acids is 3. The summed E-state index contributed by atoms with van der Waals surface area (Å²) in [7, 11) is 0. The summed E-state index contributed by atoms with van der Waals surface area (Å²) in [6.07, 6.45) is 0. The molecule has 8 heteroatoms. The Morgan fingerprint density at radius 1 is 1.07 bits per heavy atom. The number of ketones is 1. The predicted molar refractivity (Wildman–Crippen MR) is 103 cm³/mol. The fourth-order valence-electron chi connectivity index (χ4n) is 2.75. The van der Waals surface area contributed by atoms with Gasteiger partial charge in [-0.2, -0.15) is 0 Å². The van der Waals surface area contributed by atoms with E-state index in [2.05, 4.69) is 5.32 Å². The van der Waals surface area contributed by atoms with E-state index in [1.54, 1.807) is 48.5 Å². The number of esters is 1. The van der Waals surface area contributed by atoms with E-state index in [0.29, 0.717) is 5.56 Å². The van der Waals surface area contributed by atoms with Gasteiger partial charge in [-0.15, -0.1) is 0 Å². The summed E-state index contributed by atoms with van der Waals surface area (Å²) < 4.78 is 10.8. The third-order valence-electron chi connectivity index (χ3n) is 4.13. The number of hydrogen-bond donors (Lipinski definition) is 1. The molecule has 0 fully saturated rings. The Kier molecular flexibility index (Phi) is 5.45. The SMILES string of the molecule is CC(=O)OC1=C(NC(=O)c2ccccc2)OC(C)(c2cccc(Cl)c2Cl)C1=O. The second kappa shape index (κ2) is 7.66. The highest BCUT2D eigenvalue weighted by atomic mass is 35.5. The van der Waals surface area contributed by atoms with E-state index in [1.807, 2.05) is 0 Å². The summed E-state index contributed by atoms with van der Waals surface area (Å²) in [5.74, 6) is -2.62. The van der Waals surface area contributed by atoms with E-state index < -0.39 is 29.0 Å². The first-order valence-corrected chi connectivity index (χ1v) is 8.97. The van der Waals surface area contributed by atoms with Crippen LogP contribution in [-0.2, 0) is 24.7 Å². The molecule has 2 aromatic carbocycles. The normalized spacial score (nSPS) is 18.6. The zero-order valence-electron chi connectivity index (χ0n) is 14.9. The van der Waals surface area contributed by atoms with E-state index in [4.69, 9.17) is 32.7 Å². The highest BCUT2D eigenvalue weighted by Gasteiger charge is 2.51. The van der Waals surface area contributed by atoms with Crippen LogP contribution in [0.4, 0.5) is 0 Å². The molecule has 0 saturated carbocycles. The van der Waals surface area contributed by atoms with Crippen molar-refractivity contribution < 1.29 is 23.9 Å². The molecule has 1 heterocycles. The van der Waals surface area contributed by atoms with Gasteiger partial charge in [-0.3, -0.25) is 19.7 Å². The van der Waals surface area contributed by atoms with Crippen LogP contribution in [0.2, 0.25) is 10.0 Å². The lowest BCUT2D eigenvalue weighted by Gasteiger charge is -2.25. The summed E-state index contributed by atoms with van der Waals surface area (Å²) in [5, 5.41) is 2.84. The van der Waals surface area contributed by atoms with Crippen molar-refractivity contribution in [3.63, 3.8) is 0 Å². The lowest BCUT2D eigenvalue weighted by Crippen LogP contribution is -2.33. The van der Waals surface area contributed by atoms with Crippen molar-refractivity contribution in [1.29, 1.82) is 0 Å². The second-order valence-corrected chi connectivity index (χ2v) is 6.92. The molecule has 0 radical (unpaired) electrons. The molecular formula is C20H15Cl2NO5. The van der Waals surface area contributed by atoms with Gasteiger partial charge in [-0.25, -0.2) is 0 Å². The number of benzene rings is 2. The molecule has 1 aliphatic heterocycles. The maximum atomic E-state index is 13.0. The first-order chi connectivity index (χ1) is 13.2. The predicted octanol–water partition coefficient (Wildman–Crippen LogP) is 3.97. The summed E-state index contributed by atoms with van der Waals surface area (Å²) in [5.41, 5.74) is -1.02. The van der Waals surface area contributed by atoms with Crippen LogP contribution in [0.5, 0.6) is 0 Å². The molecule has 6 nitrogen and oxygen atoms in total. The molecule has 0 bridgehead atoms. The van der Waals surface area contributed by atoms with Crippen LogP contribution < -0.4 is 5.32 Å². The first kappa shape index (κ1) is 19.9. The maximum absolute atomic E-state index is 13.0. The topological polar surface area (TPSA) is 81.7 Å². The quantitative estimate of drug-likeness (QED) is 0.758. The fraction of sp³-hybridized carbons (Fsp3) is 0.150. The minimum atomic E-state index is -1.63. The van der Waals surface area contributed by atoms with E-state index >= 15 is 0 Å². The number of amides is 1. The second-order valence-electron chi connectivity index (χ2n) is 6.14. The van der Waals surface area contributed by atoms with Crippen molar-refractivity contribution in [3.8, 4) is 0 Å². The van der Waals surface area contributed by atoms with Gasteiger partial charge in [0.05, 0.1) is 10.0 Å². The molecule has 0 aliphatic carbocycles. The average Bonchev–Trinajstić information content (AvgIpc) is 2.89. The van der Waals surface area contributed by atoms with Gasteiger partial charge in [0.25, 0.3) is 11.7 Å². The molecule has 1 N–H and O–H groups in total. The summed E-state index contributed by atoms with van der Waals surface area (Å²) >= 11 is 12.3. The Morgan fingerprint density at radius 3 is 2.39 bits per heavy atom. The molecule has 1 atom stereocenters. The van der Waals surface area contributed by atoms with Crippen LogP contribution in [-0.4, -0.2) is 17.7 Å². The van der Waals surface area contributed by atoms with Gasteiger partial charge in [0.2, 0.25) is 17.2 Å². The number of carbonyl (C=O) groups is 3. The number of halogens is 2. The molecule has 2 aromatic rings. The molecular weight excluding hydrogens is 405 g/mol. The minimum absolute atomic E-state index is 0.123. The van der Waals surface area contributed by atoms with Crippen molar-refractivity contribution in [1.82, 2.24) is 5.32 Å². The standard InChI is InChI=1S/C20H15Cl2NO5/c1-11(24)27-16-17(25)20(2,13-9-6-10-14(21)15(13)22)28-19(16)23-18(26)12-7-4-3-5-8-12/h3-10H,1-2H3,(H,23,26). The van der Waals surface area contributed by atoms with Gasteiger partial charge in [0.1, 0.15) is 0 Å². The van der Waals surface area contributed by atoms with Gasteiger partial charge in [0.15, 0.2) is 0 Å². The molecule has 0 aromatic heterocycles. The Bertz CT molecular complexity index is 1000. The first-order valence-electron chi connectivity index (χ1n) is 8.21. The van der Waals surface area contributed by atoms with Crippen molar-refractivity contribution in [2.75, 3.05) is 0 Å². The van der Waals surface area contributed by atoms with Crippen molar-refractivity contribution in [3.05, 3.63) is 81.3 Å². The number of nitrogens with one attached hydrogen (secondary N) is 1.